The van der Waals surface area contributed by atoms with Gasteiger partial charge in [0.2, 0.25) is 5.82 Å². The molecule has 6 nitrogen and oxygen atoms in total. The van der Waals surface area contributed by atoms with Gasteiger partial charge in [-0.1, -0.05) is 6.07 Å². The van der Waals surface area contributed by atoms with Gasteiger partial charge < -0.3 is 9.47 Å². The third kappa shape index (κ3) is 3.99. The maximum Gasteiger partial charge on any atom is 0.306 e. The molecule has 7 heteroatoms. The summed E-state index contributed by atoms with van der Waals surface area (Å²) in [6.07, 6.45) is 0.00707. The van der Waals surface area contributed by atoms with Gasteiger partial charge in [-0.05, 0) is 11.6 Å². The molecule has 0 bridgehead atoms. The first-order chi connectivity index (χ1) is 8.99. The van der Waals surface area contributed by atoms with Crippen molar-refractivity contribution < 1.29 is 23.6 Å². The first-order valence-corrected chi connectivity index (χ1v) is 5.49. The summed E-state index contributed by atoms with van der Waals surface area (Å²) in [6.45, 7) is 0.178. The lowest BCUT2D eigenvalue weighted by molar-refractivity contribution is -0.387. The van der Waals surface area contributed by atoms with Crippen LogP contribution in [0.1, 0.15) is 17.9 Å². The van der Waals surface area contributed by atoms with Crippen LogP contribution in [0.3, 0.4) is 0 Å². The maximum absolute atomic E-state index is 13.2. The normalized spacial score (nSPS) is 11.9. The summed E-state index contributed by atoms with van der Waals surface area (Å²) in [4.78, 5) is 21.1. The fourth-order valence-electron chi connectivity index (χ4n) is 1.68. The monoisotopic (exact) mass is 271 g/mol. The molecule has 0 amide bonds. The average Bonchev–Trinajstić information content (AvgIpc) is 2.38. The van der Waals surface area contributed by atoms with E-state index in [0.717, 1.165) is 12.1 Å². The molecule has 0 aliphatic rings. The number of nitrogens with zero attached hydrogens (tertiary/aromatic N) is 1. The fraction of sp³-hybridized carbons (Fsp3) is 0.417. The van der Waals surface area contributed by atoms with Gasteiger partial charge in [0.25, 0.3) is 0 Å². The van der Waals surface area contributed by atoms with Gasteiger partial charge in [0.1, 0.15) is 0 Å². The SMILES string of the molecule is COCC(CC(=O)OC)c1ccc(F)c([N+](=O)[O-])c1. The Bertz CT molecular complexity index is 477. The van der Waals surface area contributed by atoms with E-state index in [9.17, 15) is 19.3 Å². The quantitative estimate of drug-likeness (QED) is 0.449. The Hall–Kier alpha value is -2.02. The van der Waals surface area contributed by atoms with Crippen molar-refractivity contribution in [1.82, 2.24) is 0 Å². The summed E-state index contributed by atoms with van der Waals surface area (Å²) in [6, 6.07) is 3.52. The lowest BCUT2D eigenvalue weighted by Gasteiger charge is -2.15. The number of carbonyl (C=O) groups excluding carboxylic acids is 1. The molecule has 0 radical (unpaired) electrons. The van der Waals surface area contributed by atoms with Gasteiger partial charge in [-0.2, -0.15) is 4.39 Å². The number of ether oxygens (including phenoxy) is 2. The highest BCUT2D eigenvalue weighted by Crippen LogP contribution is 2.26. The number of rotatable bonds is 6. The van der Waals surface area contributed by atoms with E-state index in [0.29, 0.717) is 5.56 Å². The molecule has 1 aromatic rings. The zero-order valence-corrected chi connectivity index (χ0v) is 10.6. The molecule has 0 fully saturated rings. The number of nitro groups is 1. The van der Waals surface area contributed by atoms with Crippen molar-refractivity contribution in [2.45, 2.75) is 12.3 Å². The lowest BCUT2D eigenvalue weighted by Crippen LogP contribution is -2.13. The third-order valence-corrected chi connectivity index (χ3v) is 2.65. The van der Waals surface area contributed by atoms with E-state index in [-0.39, 0.29) is 13.0 Å². The van der Waals surface area contributed by atoms with Crippen molar-refractivity contribution in [3.63, 3.8) is 0 Å². The van der Waals surface area contributed by atoms with Gasteiger partial charge in [0.15, 0.2) is 0 Å². The van der Waals surface area contributed by atoms with Crippen LogP contribution in [-0.4, -0.2) is 31.7 Å². The number of hydrogen-bond donors (Lipinski definition) is 0. The van der Waals surface area contributed by atoms with Crippen LogP contribution in [0.15, 0.2) is 18.2 Å². The summed E-state index contributed by atoms with van der Waals surface area (Å²) in [5.41, 5.74) is -0.163. The largest absolute Gasteiger partial charge is 0.469 e. The first-order valence-electron chi connectivity index (χ1n) is 5.49. The van der Waals surface area contributed by atoms with E-state index >= 15 is 0 Å². The molecule has 1 unspecified atom stereocenters. The topological polar surface area (TPSA) is 78.7 Å². The van der Waals surface area contributed by atoms with E-state index in [1.54, 1.807) is 0 Å². The number of nitro benzene ring substituents is 1. The molecule has 0 spiro atoms. The van der Waals surface area contributed by atoms with Crippen LogP contribution < -0.4 is 0 Å². The Labute approximate surface area is 109 Å². The molecule has 1 aromatic carbocycles. The van der Waals surface area contributed by atoms with Crippen LogP contribution in [0.25, 0.3) is 0 Å². The minimum Gasteiger partial charge on any atom is -0.469 e. The molecule has 0 saturated heterocycles. The second kappa shape index (κ2) is 6.79. The van der Waals surface area contributed by atoms with E-state index in [4.69, 9.17) is 4.74 Å². The highest BCUT2D eigenvalue weighted by Gasteiger charge is 2.21. The number of esters is 1. The van der Waals surface area contributed by atoms with Crippen LogP contribution >= 0.6 is 0 Å². The van der Waals surface area contributed by atoms with E-state index in [2.05, 4.69) is 4.74 Å². The molecule has 1 rings (SSSR count). The average molecular weight is 271 g/mol. The predicted molar refractivity (Wildman–Crippen MR) is 64.3 cm³/mol. The summed E-state index contributed by atoms with van der Waals surface area (Å²) in [7, 11) is 2.70. The predicted octanol–water partition coefficient (Wildman–Crippen LogP) is 2.03. The minimum atomic E-state index is -0.914. The smallest absolute Gasteiger partial charge is 0.306 e. The number of carbonyl (C=O) groups is 1. The summed E-state index contributed by atoms with van der Waals surface area (Å²) < 4.78 is 22.7. The van der Waals surface area contributed by atoms with E-state index < -0.39 is 28.3 Å². The Morgan fingerprint density at radius 2 is 2.16 bits per heavy atom. The van der Waals surface area contributed by atoms with Crippen LogP contribution in [-0.2, 0) is 14.3 Å². The lowest BCUT2D eigenvalue weighted by atomic mass is 9.96. The number of halogens is 1. The second-order valence-electron chi connectivity index (χ2n) is 3.90. The zero-order chi connectivity index (χ0) is 14.4. The fourth-order valence-corrected chi connectivity index (χ4v) is 1.68. The van der Waals surface area contributed by atoms with Crippen LogP contribution in [0.4, 0.5) is 10.1 Å². The van der Waals surface area contributed by atoms with Gasteiger partial charge in [0.05, 0.1) is 25.1 Å². The molecule has 0 saturated carbocycles. The summed E-state index contributed by atoms with van der Waals surface area (Å²) >= 11 is 0. The molecule has 1 atom stereocenters. The number of methoxy groups -OCH3 is 2. The Morgan fingerprint density at radius 1 is 1.47 bits per heavy atom. The second-order valence-corrected chi connectivity index (χ2v) is 3.90. The van der Waals surface area contributed by atoms with Crippen molar-refractivity contribution >= 4 is 11.7 Å². The van der Waals surface area contributed by atoms with Crippen molar-refractivity contribution in [3.05, 3.63) is 39.7 Å². The highest BCUT2D eigenvalue weighted by molar-refractivity contribution is 5.70. The molecule has 104 valence electrons. The van der Waals surface area contributed by atoms with Crippen LogP contribution in [0.2, 0.25) is 0 Å². The maximum atomic E-state index is 13.2. The third-order valence-electron chi connectivity index (χ3n) is 2.65. The molecular weight excluding hydrogens is 257 g/mol. The van der Waals surface area contributed by atoms with Gasteiger partial charge >= 0.3 is 11.7 Å². The van der Waals surface area contributed by atoms with Gasteiger partial charge in [-0.15, -0.1) is 0 Å². The molecule has 0 aliphatic carbocycles. The minimum absolute atomic E-state index is 0.00707. The van der Waals surface area contributed by atoms with Crippen molar-refractivity contribution in [1.29, 1.82) is 0 Å². The summed E-state index contributed by atoms with van der Waals surface area (Å²) in [5.74, 6) is -1.80. The number of hydrogen-bond acceptors (Lipinski definition) is 5. The Balaban J connectivity index is 3.05. The van der Waals surface area contributed by atoms with Gasteiger partial charge in [0, 0.05) is 19.1 Å². The Kier molecular flexibility index (Phi) is 5.37. The van der Waals surface area contributed by atoms with Gasteiger partial charge in [-0.3, -0.25) is 14.9 Å². The standard InChI is InChI=1S/C12H14FNO5/c1-18-7-9(6-12(15)19-2)8-3-4-10(13)11(5-8)14(16)17/h3-5,9H,6-7H2,1-2H3. The van der Waals surface area contributed by atoms with Crippen molar-refractivity contribution in [3.8, 4) is 0 Å². The van der Waals surface area contributed by atoms with Gasteiger partial charge in [-0.25, -0.2) is 0 Å². The summed E-state index contributed by atoms with van der Waals surface area (Å²) in [5, 5.41) is 10.7. The molecule has 0 aromatic heterocycles. The molecular formula is C12H14FNO5. The zero-order valence-electron chi connectivity index (χ0n) is 10.6. The molecule has 0 heterocycles. The molecule has 19 heavy (non-hydrogen) atoms. The van der Waals surface area contributed by atoms with E-state index in [1.165, 1.54) is 20.3 Å². The van der Waals surface area contributed by atoms with Crippen LogP contribution in [0.5, 0.6) is 0 Å². The van der Waals surface area contributed by atoms with Crippen LogP contribution in [0, 0.1) is 15.9 Å². The Morgan fingerprint density at radius 3 is 2.68 bits per heavy atom. The highest BCUT2D eigenvalue weighted by atomic mass is 19.1. The molecule has 0 aliphatic heterocycles. The van der Waals surface area contributed by atoms with Crippen molar-refractivity contribution in [2.24, 2.45) is 0 Å². The van der Waals surface area contributed by atoms with Crippen molar-refractivity contribution in [2.75, 3.05) is 20.8 Å². The van der Waals surface area contributed by atoms with E-state index in [1.807, 2.05) is 0 Å². The molecule has 0 N–H and O–H groups in total. The first kappa shape index (κ1) is 15.0. The number of benzene rings is 1.